The van der Waals surface area contributed by atoms with Crippen LogP contribution in [-0.4, -0.2) is 37.1 Å². The number of halogens is 2. The highest BCUT2D eigenvalue weighted by molar-refractivity contribution is 5.95. The lowest BCUT2D eigenvalue weighted by molar-refractivity contribution is 0.425. The van der Waals surface area contributed by atoms with Crippen LogP contribution in [0.5, 0.6) is 0 Å². The van der Waals surface area contributed by atoms with Crippen molar-refractivity contribution in [2.75, 3.05) is 32.5 Å². The van der Waals surface area contributed by atoms with Crippen molar-refractivity contribution in [3.63, 3.8) is 0 Å². The number of para-hydroxylation sites is 1. The van der Waals surface area contributed by atoms with E-state index < -0.39 is 0 Å². The maximum absolute atomic E-state index is 4.91. The summed E-state index contributed by atoms with van der Waals surface area (Å²) in [4.78, 5) is 7.09. The van der Waals surface area contributed by atoms with Gasteiger partial charge in [-0.25, -0.2) is 4.98 Å². The number of nitrogens with zero attached hydrogens (tertiary/aromatic N) is 2. The average Bonchev–Trinajstić information content (AvgIpc) is 2.67. The molecule has 0 saturated carbocycles. The maximum Gasteiger partial charge on any atom is 0.0730 e. The first-order chi connectivity index (χ1) is 12.7. The lowest BCUT2D eigenvalue weighted by Crippen LogP contribution is -2.20. The Bertz CT molecular complexity index is 1060. The fraction of sp³-hybridized carbons (Fsp3) is 0.174. The lowest BCUT2D eigenvalue weighted by Gasteiger charge is -2.14. The van der Waals surface area contributed by atoms with Crippen LogP contribution in [0.25, 0.3) is 32.9 Å². The second-order valence-corrected chi connectivity index (χ2v) is 6.86. The predicted octanol–water partition coefficient (Wildman–Crippen LogP) is 5.87. The van der Waals surface area contributed by atoms with E-state index in [1.54, 1.807) is 0 Å². The van der Waals surface area contributed by atoms with Crippen LogP contribution >= 0.6 is 24.8 Å². The van der Waals surface area contributed by atoms with Gasteiger partial charge < -0.3 is 10.2 Å². The summed E-state index contributed by atoms with van der Waals surface area (Å²) in [5.74, 6) is 0. The minimum Gasteiger partial charge on any atom is -0.383 e. The van der Waals surface area contributed by atoms with Gasteiger partial charge in [-0.15, -0.1) is 24.8 Å². The molecule has 0 aliphatic rings. The SMILES string of the molecule is CN(C)CCNc1cc(-c2ccc3ccccc3c2)nc2ccccc12.Cl.Cl. The summed E-state index contributed by atoms with van der Waals surface area (Å²) < 4.78 is 0. The zero-order chi connectivity index (χ0) is 17.9. The topological polar surface area (TPSA) is 28.2 Å². The summed E-state index contributed by atoms with van der Waals surface area (Å²) in [6.07, 6.45) is 0. The molecule has 0 amide bonds. The van der Waals surface area contributed by atoms with Crippen molar-refractivity contribution in [2.24, 2.45) is 0 Å². The van der Waals surface area contributed by atoms with Gasteiger partial charge in [-0.2, -0.15) is 0 Å². The van der Waals surface area contributed by atoms with Gasteiger partial charge >= 0.3 is 0 Å². The van der Waals surface area contributed by atoms with Gasteiger partial charge in [-0.1, -0.05) is 54.6 Å². The minimum absolute atomic E-state index is 0. The second kappa shape index (κ2) is 9.74. The van der Waals surface area contributed by atoms with Gasteiger partial charge in [0.05, 0.1) is 11.2 Å². The van der Waals surface area contributed by atoms with Crippen LogP contribution in [-0.2, 0) is 0 Å². The third-order valence-corrected chi connectivity index (χ3v) is 4.64. The Morgan fingerprint density at radius 1 is 0.821 bits per heavy atom. The van der Waals surface area contributed by atoms with E-state index in [9.17, 15) is 0 Å². The van der Waals surface area contributed by atoms with E-state index in [0.29, 0.717) is 0 Å². The molecule has 1 aromatic heterocycles. The molecular formula is C23H25Cl2N3. The molecule has 0 unspecified atom stereocenters. The fourth-order valence-corrected chi connectivity index (χ4v) is 3.23. The zero-order valence-electron chi connectivity index (χ0n) is 16.1. The molecule has 3 nitrogen and oxygen atoms in total. The van der Waals surface area contributed by atoms with E-state index in [1.165, 1.54) is 10.8 Å². The van der Waals surface area contributed by atoms with Crippen molar-refractivity contribution in [1.29, 1.82) is 0 Å². The molecule has 0 aliphatic heterocycles. The van der Waals surface area contributed by atoms with Crippen molar-refractivity contribution in [3.8, 4) is 11.3 Å². The van der Waals surface area contributed by atoms with Gasteiger partial charge in [0, 0.05) is 29.7 Å². The number of aromatic nitrogens is 1. The van der Waals surface area contributed by atoms with E-state index in [1.807, 2.05) is 6.07 Å². The zero-order valence-corrected chi connectivity index (χ0v) is 17.7. The van der Waals surface area contributed by atoms with Crippen LogP contribution in [0.15, 0.2) is 72.8 Å². The Morgan fingerprint density at radius 3 is 2.32 bits per heavy atom. The van der Waals surface area contributed by atoms with Gasteiger partial charge in [-0.05, 0) is 43.1 Å². The molecule has 4 rings (SSSR count). The van der Waals surface area contributed by atoms with Gasteiger partial charge in [0.1, 0.15) is 0 Å². The molecule has 1 N–H and O–H groups in total. The van der Waals surface area contributed by atoms with Crippen LogP contribution in [0, 0.1) is 0 Å². The highest BCUT2D eigenvalue weighted by Crippen LogP contribution is 2.30. The summed E-state index contributed by atoms with van der Waals surface area (Å²) in [5.41, 5.74) is 4.30. The van der Waals surface area contributed by atoms with E-state index in [-0.39, 0.29) is 24.8 Å². The number of pyridine rings is 1. The van der Waals surface area contributed by atoms with Gasteiger partial charge in [0.2, 0.25) is 0 Å². The number of benzene rings is 3. The number of hydrogen-bond acceptors (Lipinski definition) is 3. The van der Waals surface area contributed by atoms with E-state index in [0.717, 1.165) is 40.9 Å². The quantitative estimate of drug-likeness (QED) is 0.443. The summed E-state index contributed by atoms with van der Waals surface area (Å²) in [6, 6.07) is 25.5. The molecule has 3 aromatic carbocycles. The third kappa shape index (κ3) is 4.74. The standard InChI is InChI=1S/C23H23N3.2ClH/c1-26(2)14-13-24-23-16-22(25-21-10-6-5-9-20(21)23)19-12-11-17-7-3-4-8-18(17)15-19;;/h3-12,15-16H,13-14H2,1-2H3,(H,24,25);2*1H. The van der Waals surface area contributed by atoms with Crippen molar-refractivity contribution < 1.29 is 0 Å². The molecule has 0 fully saturated rings. The number of nitrogens with one attached hydrogen (secondary N) is 1. The fourth-order valence-electron chi connectivity index (χ4n) is 3.23. The summed E-state index contributed by atoms with van der Waals surface area (Å²) in [5, 5.41) is 7.24. The van der Waals surface area contributed by atoms with Crippen molar-refractivity contribution in [2.45, 2.75) is 0 Å². The van der Waals surface area contributed by atoms with Crippen LogP contribution in [0.4, 0.5) is 5.69 Å². The summed E-state index contributed by atoms with van der Waals surface area (Å²) in [6.45, 7) is 1.89. The number of fused-ring (bicyclic) bond motifs is 2. The monoisotopic (exact) mass is 413 g/mol. The van der Waals surface area contributed by atoms with Crippen LogP contribution < -0.4 is 5.32 Å². The first kappa shape index (κ1) is 22.0. The molecule has 5 heteroatoms. The van der Waals surface area contributed by atoms with Gasteiger partial charge in [0.15, 0.2) is 0 Å². The van der Waals surface area contributed by atoms with Crippen molar-refractivity contribution in [3.05, 3.63) is 72.8 Å². The first-order valence-electron chi connectivity index (χ1n) is 8.98. The van der Waals surface area contributed by atoms with Crippen molar-refractivity contribution >= 4 is 52.2 Å². The molecule has 0 bridgehead atoms. The van der Waals surface area contributed by atoms with E-state index in [4.69, 9.17) is 4.98 Å². The predicted molar refractivity (Wildman–Crippen MR) is 126 cm³/mol. The van der Waals surface area contributed by atoms with E-state index in [2.05, 4.69) is 91.0 Å². The highest BCUT2D eigenvalue weighted by atomic mass is 35.5. The molecule has 1 heterocycles. The Morgan fingerprint density at radius 2 is 1.54 bits per heavy atom. The Hall–Kier alpha value is -2.33. The lowest BCUT2D eigenvalue weighted by atomic mass is 10.0. The molecule has 28 heavy (non-hydrogen) atoms. The number of anilines is 1. The normalized spacial score (nSPS) is 10.5. The minimum atomic E-state index is 0. The van der Waals surface area contributed by atoms with Crippen LogP contribution in [0.3, 0.4) is 0 Å². The molecule has 0 saturated heterocycles. The van der Waals surface area contributed by atoms with Gasteiger partial charge in [-0.3, -0.25) is 0 Å². The number of rotatable bonds is 5. The Labute approximate surface area is 178 Å². The molecule has 0 spiro atoms. The molecule has 0 aliphatic carbocycles. The molecule has 0 radical (unpaired) electrons. The summed E-state index contributed by atoms with van der Waals surface area (Å²) >= 11 is 0. The summed E-state index contributed by atoms with van der Waals surface area (Å²) in [7, 11) is 4.18. The molecular weight excluding hydrogens is 389 g/mol. The highest BCUT2D eigenvalue weighted by Gasteiger charge is 2.08. The first-order valence-corrected chi connectivity index (χ1v) is 8.98. The van der Waals surface area contributed by atoms with Gasteiger partial charge in [0.25, 0.3) is 0 Å². The van der Waals surface area contributed by atoms with E-state index >= 15 is 0 Å². The second-order valence-electron chi connectivity index (χ2n) is 6.86. The average molecular weight is 414 g/mol. The van der Waals surface area contributed by atoms with Crippen LogP contribution in [0.1, 0.15) is 0 Å². The number of likely N-dealkylation sites (N-methyl/N-ethyl adjacent to an activating group) is 1. The Balaban J connectivity index is 0.00000140. The Kier molecular flexibility index (Phi) is 7.64. The molecule has 4 aromatic rings. The largest absolute Gasteiger partial charge is 0.383 e. The number of hydrogen-bond donors (Lipinski definition) is 1. The maximum atomic E-state index is 4.91. The van der Waals surface area contributed by atoms with Crippen LogP contribution in [0.2, 0.25) is 0 Å². The van der Waals surface area contributed by atoms with Crippen molar-refractivity contribution in [1.82, 2.24) is 9.88 Å². The smallest absolute Gasteiger partial charge is 0.0730 e. The third-order valence-electron chi connectivity index (χ3n) is 4.64. The molecule has 146 valence electrons. The molecule has 0 atom stereocenters.